The molecule has 2 unspecified atom stereocenters. The molecule has 1 aliphatic carbocycles. The molecular formula is C32H38FN3O10S2. The van der Waals surface area contributed by atoms with Gasteiger partial charge in [-0.3, -0.25) is 4.79 Å². The molecule has 1 saturated carbocycles. The van der Waals surface area contributed by atoms with Gasteiger partial charge in [-0.25, -0.2) is 26.0 Å². The van der Waals surface area contributed by atoms with E-state index in [2.05, 4.69) is 0 Å². The summed E-state index contributed by atoms with van der Waals surface area (Å²) in [6.45, 7) is 1.51. The summed E-state index contributed by atoms with van der Waals surface area (Å²) in [4.78, 5) is 26.3. The Morgan fingerprint density at radius 1 is 1.15 bits per heavy atom. The Hall–Kier alpha value is -3.57. The Kier molecular flexibility index (Phi) is 9.32. The molecule has 3 heterocycles. The van der Waals surface area contributed by atoms with Crippen LogP contribution in [0.1, 0.15) is 39.0 Å². The first kappa shape index (κ1) is 34.3. The Balaban J connectivity index is 1.08. The fourth-order valence-corrected chi connectivity index (χ4v) is 9.87. The predicted octanol–water partition coefficient (Wildman–Crippen LogP) is 2.83. The van der Waals surface area contributed by atoms with E-state index >= 15 is 0 Å². The summed E-state index contributed by atoms with van der Waals surface area (Å²) < 4.78 is 81.3. The molecule has 0 bridgehead atoms. The van der Waals surface area contributed by atoms with Gasteiger partial charge in [0.25, 0.3) is 0 Å². The lowest BCUT2D eigenvalue weighted by molar-refractivity contribution is -0.0319. The molecule has 2 atom stereocenters. The van der Waals surface area contributed by atoms with Crippen LogP contribution in [-0.4, -0.2) is 103 Å². The molecule has 1 spiro atoms. The first-order valence-electron chi connectivity index (χ1n) is 15.9. The van der Waals surface area contributed by atoms with Crippen LogP contribution >= 0.6 is 0 Å². The SMILES string of the molecule is CCn1cc(S(=O)(=O)N2CCC3(CC2)CC(N(CC(O)COc2cccc(S(=O)(=O)C4CC4)c2)C(=O)O)CO3)c(=O)c2cccc(F)c21. The highest BCUT2D eigenvalue weighted by Crippen LogP contribution is 2.39. The zero-order chi connectivity index (χ0) is 34.4. The molecule has 6 rings (SSSR count). The molecule has 2 aromatic carbocycles. The predicted molar refractivity (Wildman–Crippen MR) is 172 cm³/mol. The number of aliphatic hydroxyl groups excluding tert-OH is 1. The molecule has 3 fully saturated rings. The topological polar surface area (TPSA) is 173 Å². The van der Waals surface area contributed by atoms with E-state index in [1.165, 1.54) is 45.4 Å². The van der Waals surface area contributed by atoms with Gasteiger partial charge in [0, 0.05) is 25.8 Å². The Bertz CT molecular complexity index is 1990. The van der Waals surface area contributed by atoms with Crippen LogP contribution in [0.2, 0.25) is 0 Å². The standard InChI is InChI=1S/C32H38FN3O10S2/c1-2-34-18-28(30(38)26-7-4-8-27(33)29(26)34)48(43,44)35-13-11-32(12-14-35)16-21(19-46-32)36(31(39)40)17-22(37)20-45-23-5-3-6-25(15-23)47(41,42)24-9-10-24/h3-8,15,18,21-22,24,37H,2,9-14,16-17,19-20H2,1H3,(H,39,40). The average molecular weight is 708 g/mol. The number of piperidine rings is 1. The van der Waals surface area contributed by atoms with E-state index in [4.69, 9.17) is 9.47 Å². The molecule has 0 radical (unpaired) electrons. The van der Waals surface area contributed by atoms with Crippen LogP contribution in [0.5, 0.6) is 5.75 Å². The second kappa shape index (κ2) is 13.0. The molecule has 3 aromatic rings. The lowest BCUT2D eigenvalue weighted by atomic mass is 9.88. The number of carboxylic acid groups (broad SMARTS) is 1. The number of aliphatic hydroxyl groups is 1. The van der Waals surface area contributed by atoms with Gasteiger partial charge < -0.3 is 29.2 Å². The highest BCUT2D eigenvalue weighted by Gasteiger charge is 2.47. The fraction of sp³-hybridized carbons (Fsp3) is 0.500. The van der Waals surface area contributed by atoms with Crippen LogP contribution in [0.25, 0.3) is 10.9 Å². The number of rotatable bonds is 11. The first-order valence-corrected chi connectivity index (χ1v) is 18.8. The van der Waals surface area contributed by atoms with Gasteiger partial charge in [-0.1, -0.05) is 12.1 Å². The number of halogens is 1. The van der Waals surface area contributed by atoms with Crippen LogP contribution in [0, 0.1) is 5.82 Å². The molecule has 2 N–H and O–H groups in total. The number of para-hydroxylation sites is 1. The van der Waals surface area contributed by atoms with Crippen molar-refractivity contribution in [2.45, 2.75) is 78.4 Å². The fourth-order valence-electron chi connectivity index (χ4n) is 6.63. The Morgan fingerprint density at radius 3 is 2.52 bits per heavy atom. The summed E-state index contributed by atoms with van der Waals surface area (Å²) in [5.74, 6) is -0.378. The molecule has 16 heteroatoms. The van der Waals surface area contributed by atoms with E-state index in [0.29, 0.717) is 12.8 Å². The van der Waals surface area contributed by atoms with E-state index in [9.17, 15) is 41.0 Å². The van der Waals surface area contributed by atoms with Gasteiger partial charge in [0.2, 0.25) is 15.5 Å². The number of hydrogen-bond donors (Lipinski definition) is 2. The number of aromatic nitrogens is 1. The zero-order valence-corrected chi connectivity index (χ0v) is 28.0. The van der Waals surface area contributed by atoms with Crippen molar-refractivity contribution in [1.82, 2.24) is 13.8 Å². The number of aryl methyl sites for hydroxylation is 1. The van der Waals surface area contributed by atoms with Crippen molar-refractivity contribution in [3.8, 4) is 5.75 Å². The van der Waals surface area contributed by atoms with Crippen LogP contribution < -0.4 is 10.2 Å². The normalized spacial score (nSPS) is 20.6. The third kappa shape index (κ3) is 6.55. The maximum Gasteiger partial charge on any atom is 0.407 e. The Morgan fingerprint density at radius 2 is 1.85 bits per heavy atom. The van der Waals surface area contributed by atoms with Gasteiger partial charge in [-0.05, 0) is 69.4 Å². The summed E-state index contributed by atoms with van der Waals surface area (Å²) in [7, 11) is -7.67. The summed E-state index contributed by atoms with van der Waals surface area (Å²) >= 11 is 0. The van der Waals surface area contributed by atoms with Gasteiger partial charge in [0.1, 0.15) is 29.2 Å². The molecule has 260 valence electrons. The van der Waals surface area contributed by atoms with E-state index in [1.807, 2.05) is 0 Å². The molecular weight excluding hydrogens is 669 g/mol. The van der Waals surface area contributed by atoms with Crippen LogP contribution in [0.15, 0.2) is 63.2 Å². The van der Waals surface area contributed by atoms with Gasteiger partial charge >= 0.3 is 6.09 Å². The van der Waals surface area contributed by atoms with E-state index in [1.54, 1.807) is 19.1 Å². The minimum absolute atomic E-state index is 0.0234. The molecule has 48 heavy (non-hydrogen) atoms. The third-order valence-electron chi connectivity index (χ3n) is 9.43. The summed E-state index contributed by atoms with van der Waals surface area (Å²) in [5, 5.41) is 20.3. The van der Waals surface area contributed by atoms with E-state index in [0.717, 1.165) is 4.90 Å². The summed E-state index contributed by atoms with van der Waals surface area (Å²) in [6.07, 6.45) is 0.723. The summed E-state index contributed by atoms with van der Waals surface area (Å²) in [5.41, 5.74) is -1.53. The van der Waals surface area contributed by atoms with Crippen LogP contribution in [0.4, 0.5) is 9.18 Å². The second-order valence-corrected chi connectivity index (χ2v) is 16.8. The lowest BCUT2D eigenvalue weighted by Gasteiger charge is -2.38. The van der Waals surface area contributed by atoms with E-state index in [-0.39, 0.29) is 85.5 Å². The minimum atomic E-state index is -4.24. The average Bonchev–Trinajstić information content (AvgIpc) is 3.86. The molecule has 2 saturated heterocycles. The summed E-state index contributed by atoms with van der Waals surface area (Å²) in [6, 6.07) is 9.38. The zero-order valence-electron chi connectivity index (χ0n) is 26.3. The molecule has 1 amide bonds. The molecule has 3 aliphatic rings. The third-order valence-corrected chi connectivity index (χ3v) is 13.6. The first-order chi connectivity index (χ1) is 22.8. The smallest absolute Gasteiger partial charge is 0.407 e. The Labute approximate surface area is 277 Å². The molecule has 13 nitrogen and oxygen atoms in total. The molecule has 1 aromatic heterocycles. The highest BCUT2D eigenvalue weighted by atomic mass is 32.2. The number of carbonyl (C=O) groups is 1. The minimum Gasteiger partial charge on any atom is -0.491 e. The number of fused-ring (bicyclic) bond motifs is 1. The van der Waals surface area contributed by atoms with Crippen molar-refractivity contribution in [2.24, 2.45) is 0 Å². The molecule has 2 aliphatic heterocycles. The van der Waals surface area contributed by atoms with Crippen molar-refractivity contribution < 1.29 is 45.7 Å². The number of pyridine rings is 1. The van der Waals surface area contributed by atoms with Crippen molar-refractivity contribution in [3.05, 3.63) is 64.7 Å². The van der Waals surface area contributed by atoms with Gasteiger partial charge in [0.05, 0.1) is 45.8 Å². The van der Waals surface area contributed by atoms with E-state index < -0.39 is 59.8 Å². The van der Waals surface area contributed by atoms with Gasteiger partial charge in [-0.15, -0.1) is 0 Å². The number of amides is 1. The van der Waals surface area contributed by atoms with Crippen molar-refractivity contribution >= 4 is 36.9 Å². The van der Waals surface area contributed by atoms with Crippen LogP contribution in [0.3, 0.4) is 0 Å². The van der Waals surface area contributed by atoms with Crippen molar-refractivity contribution in [3.63, 3.8) is 0 Å². The second-order valence-electron chi connectivity index (χ2n) is 12.6. The monoisotopic (exact) mass is 707 g/mol. The van der Waals surface area contributed by atoms with Crippen LogP contribution in [-0.2, 0) is 31.1 Å². The number of ether oxygens (including phenoxy) is 2. The lowest BCUT2D eigenvalue weighted by Crippen LogP contribution is -2.49. The largest absolute Gasteiger partial charge is 0.491 e. The highest BCUT2D eigenvalue weighted by molar-refractivity contribution is 7.92. The van der Waals surface area contributed by atoms with Gasteiger partial charge in [0.15, 0.2) is 9.84 Å². The number of hydrogen-bond acceptors (Lipinski definition) is 9. The van der Waals surface area contributed by atoms with Crippen molar-refractivity contribution in [2.75, 3.05) is 32.8 Å². The maximum atomic E-state index is 14.5. The number of sulfone groups is 1. The maximum absolute atomic E-state index is 14.5. The van der Waals surface area contributed by atoms with Gasteiger partial charge in [-0.2, -0.15) is 4.31 Å². The number of nitrogens with zero attached hydrogens (tertiary/aromatic N) is 3. The number of sulfonamides is 1. The quantitative estimate of drug-likeness (QED) is 0.302. The number of benzene rings is 2. The van der Waals surface area contributed by atoms with Crippen molar-refractivity contribution in [1.29, 1.82) is 0 Å².